The number of rotatable bonds is 9. The number of benzene rings is 2. The lowest BCUT2D eigenvalue weighted by molar-refractivity contribution is -0.143. The van der Waals surface area contributed by atoms with Gasteiger partial charge in [-0.25, -0.2) is 9.18 Å². The van der Waals surface area contributed by atoms with Crippen molar-refractivity contribution in [2.75, 3.05) is 26.6 Å². The normalized spacial score (nSPS) is 14.9. The molecule has 0 saturated heterocycles. The van der Waals surface area contributed by atoms with Crippen LogP contribution in [0.1, 0.15) is 29.4 Å². The third kappa shape index (κ3) is 5.08. The molecule has 4 rings (SSSR count). The van der Waals surface area contributed by atoms with E-state index in [4.69, 9.17) is 25.4 Å². The summed E-state index contributed by atoms with van der Waals surface area (Å²) in [5, 5.41) is 15.2. The van der Waals surface area contributed by atoms with E-state index in [0.717, 1.165) is 4.68 Å². The molecule has 0 saturated carbocycles. The van der Waals surface area contributed by atoms with Gasteiger partial charge in [-0.1, -0.05) is 11.8 Å². The molecule has 1 aliphatic rings. The van der Waals surface area contributed by atoms with Crippen LogP contribution in [-0.4, -0.2) is 47.9 Å². The van der Waals surface area contributed by atoms with E-state index in [2.05, 4.69) is 27.2 Å². The number of nitrogen functional groups attached to an aromatic ring is 1. The van der Waals surface area contributed by atoms with Crippen LogP contribution in [0.4, 0.5) is 10.1 Å². The van der Waals surface area contributed by atoms with Gasteiger partial charge in [-0.3, -0.25) is 15.2 Å². The van der Waals surface area contributed by atoms with Crippen LogP contribution in [-0.2, 0) is 9.53 Å². The van der Waals surface area contributed by atoms with Crippen molar-refractivity contribution in [2.24, 2.45) is 11.7 Å². The summed E-state index contributed by atoms with van der Waals surface area (Å²) in [6.45, 7) is 0. The van der Waals surface area contributed by atoms with Crippen molar-refractivity contribution in [3.63, 3.8) is 0 Å². The fourth-order valence-electron chi connectivity index (χ4n) is 3.99. The number of anilines is 1. The van der Waals surface area contributed by atoms with Crippen LogP contribution < -0.4 is 26.2 Å². The minimum Gasteiger partial charge on any atom is -0.493 e. The highest BCUT2D eigenvalue weighted by molar-refractivity contribution is 5.95. The first-order valence-electron chi connectivity index (χ1n) is 11.4. The molecule has 0 amide bonds. The number of halogens is 1. The number of nitrogens with zero attached hydrogens (tertiary/aromatic N) is 2. The van der Waals surface area contributed by atoms with Gasteiger partial charge in [0.25, 0.3) is 0 Å². The summed E-state index contributed by atoms with van der Waals surface area (Å²) in [6, 6.07) is 8.16. The second-order valence-corrected chi connectivity index (χ2v) is 8.19. The number of aromatic nitrogens is 3. The fraction of sp³-hybridized carbons (Fsp3) is 0.231. The van der Waals surface area contributed by atoms with E-state index in [1.165, 1.54) is 39.5 Å². The Balaban J connectivity index is 1.83. The number of esters is 1. The number of allylic oxidation sites excluding steroid dienone is 1. The first-order chi connectivity index (χ1) is 18.3. The molecule has 0 aliphatic heterocycles. The van der Waals surface area contributed by atoms with E-state index >= 15 is 4.39 Å². The zero-order valence-corrected chi connectivity index (χ0v) is 20.8. The molecule has 5 N–H and O–H groups in total. The highest BCUT2D eigenvalue weighted by atomic mass is 19.1. The number of carbonyl (C=O) groups excluding carboxylic acids is 1. The lowest BCUT2D eigenvalue weighted by Gasteiger charge is -2.21. The lowest BCUT2D eigenvalue weighted by atomic mass is 9.98. The van der Waals surface area contributed by atoms with E-state index in [1.54, 1.807) is 24.3 Å². The predicted molar refractivity (Wildman–Crippen MR) is 137 cm³/mol. The molecule has 2 atom stereocenters. The number of aromatic amines is 1. The van der Waals surface area contributed by atoms with E-state index in [-0.39, 0.29) is 40.8 Å². The Kier molecular flexibility index (Phi) is 7.48. The van der Waals surface area contributed by atoms with Crippen LogP contribution in [0, 0.1) is 29.0 Å². The van der Waals surface area contributed by atoms with Crippen molar-refractivity contribution in [3.8, 4) is 23.3 Å². The standard InChI is InChI=1S/C26H25FN6O5/c1-36-20-12-17(18(27)13-21(20)37-2)22(30-15-10-8-14(9-11-15)23(28)29)24-31-26(35)33(32-24)19-7-5-4-6-16(19)25(34)38-3/h7-13,16,22,30H,6H2,1-3H3,(H3,28,29)(H,31,32,35). The maximum absolute atomic E-state index is 15.4. The van der Waals surface area contributed by atoms with Gasteiger partial charge in [0.05, 0.1) is 27.0 Å². The number of ether oxygens (including phenoxy) is 3. The molecular weight excluding hydrogens is 495 g/mol. The van der Waals surface area contributed by atoms with Crippen LogP contribution in [0.15, 0.2) is 47.3 Å². The minimum absolute atomic E-state index is 0.0554. The number of methoxy groups -OCH3 is 3. The average molecular weight is 521 g/mol. The summed E-state index contributed by atoms with van der Waals surface area (Å²) in [4.78, 5) is 28.0. The molecule has 0 radical (unpaired) electrons. The summed E-state index contributed by atoms with van der Waals surface area (Å²) in [5.41, 5.74) is 6.26. The Morgan fingerprint density at radius 1 is 1.24 bits per heavy atom. The number of nitrogens with one attached hydrogen (secondary N) is 3. The Morgan fingerprint density at radius 3 is 2.55 bits per heavy atom. The molecule has 2 aromatic carbocycles. The van der Waals surface area contributed by atoms with Gasteiger partial charge in [0.1, 0.15) is 23.6 Å². The summed E-state index contributed by atoms with van der Waals surface area (Å²) in [5.74, 6) is 3.94. The molecule has 12 heteroatoms. The smallest absolute Gasteiger partial charge is 0.347 e. The van der Waals surface area contributed by atoms with Gasteiger partial charge in [0.2, 0.25) is 0 Å². The fourth-order valence-corrected chi connectivity index (χ4v) is 3.99. The summed E-state index contributed by atoms with van der Waals surface area (Å²) < 4.78 is 31.8. The van der Waals surface area contributed by atoms with Gasteiger partial charge in [0.15, 0.2) is 17.3 Å². The largest absolute Gasteiger partial charge is 0.493 e. The Morgan fingerprint density at radius 2 is 1.92 bits per heavy atom. The number of carbonyl (C=O) groups is 1. The molecule has 1 aliphatic carbocycles. The predicted octanol–water partition coefficient (Wildman–Crippen LogP) is 2.25. The minimum atomic E-state index is -1.02. The summed E-state index contributed by atoms with van der Waals surface area (Å²) in [7, 11) is 4.06. The number of hydrogen-bond donors (Lipinski definition) is 4. The zero-order chi connectivity index (χ0) is 27.4. The van der Waals surface area contributed by atoms with Gasteiger partial charge in [-0.2, -0.15) is 4.68 Å². The Bertz CT molecular complexity index is 1530. The average Bonchev–Trinajstić information content (AvgIpc) is 3.32. The van der Waals surface area contributed by atoms with E-state index in [0.29, 0.717) is 11.3 Å². The molecule has 0 bridgehead atoms. The van der Waals surface area contributed by atoms with Crippen molar-refractivity contribution in [1.82, 2.24) is 14.8 Å². The Hall–Kier alpha value is -5.05. The second kappa shape index (κ2) is 10.9. The third-order valence-corrected chi connectivity index (χ3v) is 5.94. The van der Waals surface area contributed by atoms with Crippen molar-refractivity contribution in [3.05, 3.63) is 75.7 Å². The quantitative estimate of drug-likeness (QED) is 0.145. The van der Waals surface area contributed by atoms with Crippen molar-refractivity contribution in [2.45, 2.75) is 12.5 Å². The molecule has 0 spiro atoms. The molecule has 1 heterocycles. The topological polar surface area (TPSA) is 157 Å². The van der Waals surface area contributed by atoms with Crippen LogP contribution >= 0.6 is 0 Å². The highest BCUT2D eigenvalue weighted by Crippen LogP contribution is 2.35. The van der Waals surface area contributed by atoms with Crippen LogP contribution in [0.25, 0.3) is 5.70 Å². The number of hydrogen-bond acceptors (Lipinski definition) is 8. The molecule has 3 aromatic rings. The van der Waals surface area contributed by atoms with Gasteiger partial charge >= 0.3 is 11.7 Å². The van der Waals surface area contributed by atoms with Crippen molar-refractivity contribution < 1.29 is 23.4 Å². The van der Waals surface area contributed by atoms with Gasteiger partial charge < -0.3 is 25.3 Å². The van der Waals surface area contributed by atoms with Crippen LogP contribution in [0.2, 0.25) is 0 Å². The maximum atomic E-state index is 15.4. The third-order valence-electron chi connectivity index (χ3n) is 5.94. The maximum Gasteiger partial charge on any atom is 0.347 e. The lowest BCUT2D eigenvalue weighted by Crippen LogP contribution is -2.27. The molecule has 0 fully saturated rings. The van der Waals surface area contributed by atoms with E-state index in [9.17, 15) is 9.59 Å². The summed E-state index contributed by atoms with van der Waals surface area (Å²) >= 11 is 0. The monoisotopic (exact) mass is 520 g/mol. The zero-order valence-electron chi connectivity index (χ0n) is 20.8. The van der Waals surface area contributed by atoms with E-state index in [1.807, 2.05) is 0 Å². The molecular formula is C26H25FN6O5. The first kappa shape index (κ1) is 26.0. The van der Waals surface area contributed by atoms with Gasteiger partial charge in [-0.05, 0) is 30.3 Å². The SMILES string of the molecule is COC(=O)C1CC#CC=C1n1nc(C(Nc2ccc(C(=N)N)cc2)c2cc(OC)c(OC)cc2F)[nH]c1=O. The second-order valence-electron chi connectivity index (χ2n) is 8.19. The molecule has 196 valence electrons. The highest BCUT2D eigenvalue weighted by Gasteiger charge is 2.30. The number of nitrogens with two attached hydrogens (primary N) is 1. The molecule has 2 unspecified atom stereocenters. The van der Waals surface area contributed by atoms with E-state index < -0.39 is 29.4 Å². The van der Waals surface area contributed by atoms with Crippen molar-refractivity contribution in [1.29, 1.82) is 5.41 Å². The van der Waals surface area contributed by atoms with Crippen LogP contribution in [0.5, 0.6) is 11.5 Å². The van der Waals surface area contributed by atoms with Crippen LogP contribution in [0.3, 0.4) is 0 Å². The van der Waals surface area contributed by atoms with Gasteiger partial charge in [-0.15, -0.1) is 5.10 Å². The van der Waals surface area contributed by atoms with Crippen molar-refractivity contribution >= 4 is 23.2 Å². The Labute approximate surface area is 216 Å². The first-order valence-corrected chi connectivity index (χ1v) is 11.4. The number of H-pyrrole nitrogens is 1. The number of amidine groups is 1. The molecule has 38 heavy (non-hydrogen) atoms. The molecule has 1 aromatic heterocycles. The van der Waals surface area contributed by atoms with Gasteiger partial charge in [0, 0.05) is 35.4 Å². The molecule has 11 nitrogen and oxygen atoms in total. The summed E-state index contributed by atoms with van der Waals surface area (Å²) in [6.07, 6.45) is 1.58.